The first kappa shape index (κ1) is 8.62. The summed E-state index contributed by atoms with van der Waals surface area (Å²) in [6, 6.07) is 13.8. The number of hydrogen-bond acceptors (Lipinski definition) is 2. The van der Waals surface area contributed by atoms with Crippen molar-refractivity contribution in [1.29, 1.82) is 0 Å². The summed E-state index contributed by atoms with van der Waals surface area (Å²) in [4.78, 5) is 4.01. The van der Waals surface area contributed by atoms with Crippen molar-refractivity contribution in [1.82, 2.24) is 4.98 Å². The first-order chi connectivity index (χ1) is 7.43. The van der Waals surface area contributed by atoms with E-state index in [-0.39, 0.29) is 0 Å². The average molecular weight is 210 g/mol. The molecule has 1 radical (unpaired) electrons. The van der Waals surface area contributed by atoms with Gasteiger partial charge in [0.1, 0.15) is 0 Å². The maximum Gasteiger partial charge on any atom is 0.0428 e. The third-order valence-corrected chi connectivity index (χ3v) is 3.21. The van der Waals surface area contributed by atoms with Crippen molar-refractivity contribution in [3.8, 4) is 11.1 Å². The van der Waals surface area contributed by atoms with Gasteiger partial charge in [-0.2, -0.15) is 0 Å². The van der Waals surface area contributed by atoms with Gasteiger partial charge < -0.3 is 0 Å². The molecule has 0 spiro atoms. The van der Waals surface area contributed by atoms with E-state index in [1.54, 1.807) is 11.3 Å². The van der Waals surface area contributed by atoms with Crippen LogP contribution in [0.2, 0.25) is 0 Å². The van der Waals surface area contributed by atoms with Gasteiger partial charge >= 0.3 is 0 Å². The minimum atomic E-state index is 1.13. The Balaban J connectivity index is 2.19. The normalized spacial score (nSPS) is 10.7. The molecule has 0 N–H and O–H groups in total. The molecule has 71 valence electrons. The molecular weight excluding hydrogens is 202 g/mol. The van der Waals surface area contributed by atoms with Crippen molar-refractivity contribution in [3.63, 3.8) is 0 Å². The molecule has 0 aliphatic rings. The van der Waals surface area contributed by atoms with Crippen LogP contribution in [0.5, 0.6) is 0 Å². The second-order valence-electron chi connectivity index (χ2n) is 3.31. The summed E-state index contributed by atoms with van der Waals surface area (Å²) in [7, 11) is 0. The molecule has 1 aromatic carbocycles. The second kappa shape index (κ2) is 3.48. The Morgan fingerprint density at radius 2 is 1.87 bits per heavy atom. The van der Waals surface area contributed by atoms with Crippen LogP contribution in [-0.4, -0.2) is 4.98 Å². The van der Waals surface area contributed by atoms with Crippen LogP contribution in [0.15, 0.2) is 48.1 Å². The molecule has 0 aliphatic carbocycles. The van der Waals surface area contributed by atoms with Crippen molar-refractivity contribution < 1.29 is 0 Å². The molecule has 0 atom stereocenters. The molecule has 0 aliphatic heterocycles. The van der Waals surface area contributed by atoms with Crippen molar-refractivity contribution in [2.24, 2.45) is 0 Å². The van der Waals surface area contributed by atoms with Gasteiger partial charge in [-0.3, -0.25) is 4.98 Å². The Kier molecular flexibility index (Phi) is 2.00. The van der Waals surface area contributed by atoms with E-state index in [0.717, 1.165) is 5.56 Å². The van der Waals surface area contributed by atoms with Crippen molar-refractivity contribution in [2.75, 3.05) is 0 Å². The molecule has 1 nitrogen and oxygen atoms in total. The summed E-state index contributed by atoms with van der Waals surface area (Å²) in [5.74, 6) is 0. The van der Waals surface area contributed by atoms with E-state index >= 15 is 0 Å². The molecule has 2 heteroatoms. The summed E-state index contributed by atoms with van der Waals surface area (Å²) in [5, 5.41) is 3.36. The maximum absolute atomic E-state index is 4.01. The van der Waals surface area contributed by atoms with Gasteiger partial charge in [0, 0.05) is 23.2 Å². The van der Waals surface area contributed by atoms with Crippen molar-refractivity contribution in [2.45, 2.75) is 0 Å². The van der Waals surface area contributed by atoms with E-state index in [9.17, 15) is 0 Å². The largest absolute Gasteiger partial charge is 0.265 e. The van der Waals surface area contributed by atoms with Gasteiger partial charge in [0.25, 0.3) is 0 Å². The molecule has 2 aromatic heterocycles. The number of fused-ring (bicyclic) bond motifs is 1. The van der Waals surface area contributed by atoms with E-state index in [1.807, 2.05) is 24.5 Å². The Labute approximate surface area is 92.0 Å². The molecule has 0 amide bonds. The van der Waals surface area contributed by atoms with E-state index in [4.69, 9.17) is 0 Å². The maximum atomic E-state index is 4.01. The zero-order chi connectivity index (χ0) is 10.1. The number of hydrogen-bond donors (Lipinski definition) is 0. The van der Waals surface area contributed by atoms with Crippen LogP contribution in [0.3, 0.4) is 0 Å². The van der Waals surface area contributed by atoms with E-state index in [1.165, 1.54) is 15.6 Å². The number of thiophene rings is 1. The topological polar surface area (TPSA) is 12.9 Å². The van der Waals surface area contributed by atoms with Crippen LogP contribution in [0, 0.1) is 6.07 Å². The Morgan fingerprint density at radius 1 is 1.00 bits per heavy atom. The summed E-state index contributed by atoms with van der Waals surface area (Å²) < 4.78 is 1.21. The lowest BCUT2D eigenvalue weighted by molar-refractivity contribution is 1.33. The first-order valence-corrected chi connectivity index (χ1v) is 5.61. The highest BCUT2D eigenvalue weighted by Gasteiger charge is 2.00. The lowest BCUT2D eigenvalue weighted by Gasteiger charge is -1.99. The fourth-order valence-electron chi connectivity index (χ4n) is 1.59. The zero-order valence-corrected chi connectivity index (χ0v) is 8.79. The molecule has 0 saturated heterocycles. The number of rotatable bonds is 1. The predicted octanol–water partition coefficient (Wildman–Crippen LogP) is 3.76. The van der Waals surface area contributed by atoms with Crippen LogP contribution in [0.4, 0.5) is 0 Å². The third kappa shape index (κ3) is 1.53. The smallest absolute Gasteiger partial charge is 0.0428 e. The number of nitrogens with zero attached hydrogens (tertiary/aromatic N) is 1. The van der Waals surface area contributed by atoms with E-state index in [2.05, 4.69) is 34.6 Å². The molecule has 0 fully saturated rings. The SMILES string of the molecule is [c]1c(-c2ccncc2)ccc2ccsc12. The van der Waals surface area contributed by atoms with E-state index in [0.29, 0.717) is 0 Å². The Bertz CT molecular complexity index is 584. The average Bonchev–Trinajstić information content (AvgIpc) is 2.77. The van der Waals surface area contributed by atoms with Gasteiger partial charge in [-0.1, -0.05) is 12.1 Å². The fraction of sp³-hybridized carbons (Fsp3) is 0. The van der Waals surface area contributed by atoms with Crippen LogP contribution in [0.25, 0.3) is 21.2 Å². The number of aromatic nitrogens is 1. The Hall–Kier alpha value is -1.67. The number of pyridine rings is 1. The van der Waals surface area contributed by atoms with Crippen molar-refractivity contribution >= 4 is 21.4 Å². The molecule has 0 bridgehead atoms. The molecule has 2 heterocycles. The monoisotopic (exact) mass is 210 g/mol. The van der Waals surface area contributed by atoms with Crippen LogP contribution in [0.1, 0.15) is 0 Å². The summed E-state index contributed by atoms with van der Waals surface area (Å²) >= 11 is 1.72. The standard InChI is InChI=1S/C13H8NS/c1-2-12(10-3-6-14-7-4-10)9-13-11(1)5-8-15-13/h1-8H. The van der Waals surface area contributed by atoms with Crippen LogP contribution in [-0.2, 0) is 0 Å². The molecule has 3 rings (SSSR count). The second-order valence-corrected chi connectivity index (χ2v) is 4.23. The summed E-state index contributed by atoms with van der Waals surface area (Å²) in [6.45, 7) is 0. The quantitative estimate of drug-likeness (QED) is 0.596. The molecular formula is C13H8NS. The lowest BCUT2D eigenvalue weighted by atomic mass is 10.1. The Morgan fingerprint density at radius 3 is 2.73 bits per heavy atom. The van der Waals surface area contributed by atoms with E-state index < -0.39 is 0 Å². The van der Waals surface area contributed by atoms with Gasteiger partial charge in [-0.05, 0) is 40.1 Å². The van der Waals surface area contributed by atoms with Crippen LogP contribution < -0.4 is 0 Å². The zero-order valence-electron chi connectivity index (χ0n) is 7.97. The predicted molar refractivity (Wildman–Crippen MR) is 63.9 cm³/mol. The summed E-state index contributed by atoms with van der Waals surface area (Å²) in [6.07, 6.45) is 3.61. The molecule has 15 heavy (non-hydrogen) atoms. The minimum absolute atomic E-state index is 1.13. The molecule has 0 unspecified atom stereocenters. The van der Waals surface area contributed by atoms with Gasteiger partial charge in [-0.15, -0.1) is 11.3 Å². The highest BCUT2D eigenvalue weighted by molar-refractivity contribution is 7.17. The fourth-order valence-corrected chi connectivity index (χ4v) is 2.38. The van der Waals surface area contributed by atoms with Gasteiger partial charge in [0.05, 0.1) is 0 Å². The van der Waals surface area contributed by atoms with Gasteiger partial charge in [0.15, 0.2) is 0 Å². The van der Waals surface area contributed by atoms with Gasteiger partial charge in [0.2, 0.25) is 0 Å². The lowest BCUT2D eigenvalue weighted by Crippen LogP contribution is -1.77. The van der Waals surface area contributed by atoms with Gasteiger partial charge in [-0.25, -0.2) is 0 Å². The molecule has 3 aromatic rings. The number of benzene rings is 1. The van der Waals surface area contributed by atoms with Crippen molar-refractivity contribution in [3.05, 3.63) is 54.2 Å². The highest BCUT2D eigenvalue weighted by Crippen LogP contribution is 2.26. The highest BCUT2D eigenvalue weighted by atomic mass is 32.1. The minimum Gasteiger partial charge on any atom is -0.265 e. The van der Waals surface area contributed by atoms with Crippen LogP contribution >= 0.6 is 11.3 Å². The molecule has 0 saturated carbocycles. The summed E-state index contributed by atoms with van der Waals surface area (Å²) in [5.41, 5.74) is 2.30. The third-order valence-electron chi connectivity index (χ3n) is 2.36. The first-order valence-electron chi connectivity index (χ1n) is 4.73.